The highest BCUT2D eigenvalue weighted by molar-refractivity contribution is 5.21. The van der Waals surface area contributed by atoms with Crippen molar-refractivity contribution in [3.8, 4) is 5.75 Å². The van der Waals surface area contributed by atoms with E-state index in [9.17, 15) is 4.39 Å². The number of likely N-dealkylation sites (N-methyl/N-ethyl adjacent to an activating group) is 1. The summed E-state index contributed by atoms with van der Waals surface area (Å²) < 4.78 is 18.0. The molecule has 1 atom stereocenters. The van der Waals surface area contributed by atoms with Crippen molar-refractivity contribution in [2.45, 2.75) is 13.0 Å². The molecule has 0 saturated carbocycles. The van der Waals surface area contributed by atoms with Crippen LogP contribution in [0.15, 0.2) is 24.3 Å². The van der Waals surface area contributed by atoms with Crippen LogP contribution in [0.1, 0.15) is 6.92 Å². The van der Waals surface area contributed by atoms with Crippen molar-refractivity contribution in [1.29, 1.82) is 0 Å². The molecule has 4 heteroatoms. The Labute approximate surface area is 95.5 Å². The Kier molecular flexibility index (Phi) is 5.22. The molecule has 1 unspecified atom stereocenters. The summed E-state index contributed by atoms with van der Waals surface area (Å²) in [4.78, 5) is 2.00. The van der Waals surface area contributed by atoms with E-state index in [-0.39, 0.29) is 18.5 Å². The summed E-state index contributed by atoms with van der Waals surface area (Å²) in [6.45, 7) is 3.32. The second-order valence-electron chi connectivity index (χ2n) is 3.81. The molecule has 0 heterocycles. The molecule has 0 aliphatic carbocycles. The van der Waals surface area contributed by atoms with E-state index in [0.29, 0.717) is 12.4 Å². The van der Waals surface area contributed by atoms with Gasteiger partial charge in [0.1, 0.15) is 18.2 Å². The lowest BCUT2D eigenvalue weighted by molar-refractivity contribution is 0.140. The SMILES string of the molecule is CC(CO)N(C)CCOc1ccc(F)cc1. The highest BCUT2D eigenvalue weighted by atomic mass is 19.1. The highest BCUT2D eigenvalue weighted by Crippen LogP contribution is 2.10. The maximum absolute atomic E-state index is 12.6. The summed E-state index contributed by atoms with van der Waals surface area (Å²) in [5.41, 5.74) is 0. The fourth-order valence-corrected chi connectivity index (χ4v) is 1.20. The zero-order valence-corrected chi connectivity index (χ0v) is 9.69. The van der Waals surface area contributed by atoms with Crippen LogP contribution in [-0.2, 0) is 0 Å². The second-order valence-corrected chi connectivity index (χ2v) is 3.81. The third kappa shape index (κ3) is 4.16. The van der Waals surface area contributed by atoms with Crippen LogP contribution < -0.4 is 4.74 Å². The number of aliphatic hydroxyl groups excluding tert-OH is 1. The first-order valence-corrected chi connectivity index (χ1v) is 5.33. The van der Waals surface area contributed by atoms with Crippen molar-refractivity contribution in [3.05, 3.63) is 30.1 Å². The van der Waals surface area contributed by atoms with Gasteiger partial charge in [0.25, 0.3) is 0 Å². The number of aliphatic hydroxyl groups is 1. The Morgan fingerprint density at radius 2 is 2.00 bits per heavy atom. The third-order valence-corrected chi connectivity index (χ3v) is 2.54. The molecule has 0 aliphatic rings. The summed E-state index contributed by atoms with van der Waals surface area (Å²) >= 11 is 0. The summed E-state index contributed by atoms with van der Waals surface area (Å²) in [6, 6.07) is 6.07. The van der Waals surface area contributed by atoms with E-state index in [1.54, 1.807) is 12.1 Å². The summed E-state index contributed by atoms with van der Waals surface area (Å²) in [5.74, 6) is 0.393. The lowest BCUT2D eigenvalue weighted by atomic mass is 10.3. The minimum absolute atomic E-state index is 0.122. The Morgan fingerprint density at radius 1 is 1.38 bits per heavy atom. The molecule has 0 bridgehead atoms. The molecule has 0 saturated heterocycles. The lowest BCUT2D eigenvalue weighted by Crippen LogP contribution is -2.35. The Balaban J connectivity index is 2.27. The Bertz CT molecular complexity index is 302. The molecular formula is C12H18FNO2. The quantitative estimate of drug-likeness (QED) is 0.799. The van der Waals surface area contributed by atoms with Gasteiger partial charge in [-0.05, 0) is 38.2 Å². The van der Waals surface area contributed by atoms with Gasteiger partial charge in [-0.25, -0.2) is 4.39 Å². The molecule has 0 aliphatic heterocycles. The second kappa shape index (κ2) is 6.45. The van der Waals surface area contributed by atoms with Crippen molar-refractivity contribution in [2.24, 2.45) is 0 Å². The molecule has 0 spiro atoms. The smallest absolute Gasteiger partial charge is 0.123 e. The topological polar surface area (TPSA) is 32.7 Å². The molecule has 90 valence electrons. The van der Waals surface area contributed by atoms with E-state index in [2.05, 4.69) is 0 Å². The van der Waals surface area contributed by atoms with Crippen molar-refractivity contribution in [1.82, 2.24) is 4.90 Å². The maximum Gasteiger partial charge on any atom is 0.123 e. The minimum atomic E-state index is -0.265. The van der Waals surface area contributed by atoms with Gasteiger partial charge in [-0.2, -0.15) is 0 Å². The van der Waals surface area contributed by atoms with Gasteiger partial charge >= 0.3 is 0 Å². The van der Waals surface area contributed by atoms with Crippen LogP contribution >= 0.6 is 0 Å². The van der Waals surface area contributed by atoms with E-state index in [4.69, 9.17) is 9.84 Å². The number of hydrogen-bond donors (Lipinski definition) is 1. The minimum Gasteiger partial charge on any atom is -0.492 e. The van der Waals surface area contributed by atoms with Crippen LogP contribution in [0.4, 0.5) is 4.39 Å². The van der Waals surface area contributed by atoms with Gasteiger partial charge in [-0.1, -0.05) is 0 Å². The predicted octanol–water partition coefficient (Wildman–Crippen LogP) is 1.52. The van der Waals surface area contributed by atoms with E-state index in [1.165, 1.54) is 12.1 Å². The van der Waals surface area contributed by atoms with E-state index < -0.39 is 0 Å². The Morgan fingerprint density at radius 3 is 2.56 bits per heavy atom. The van der Waals surface area contributed by atoms with Crippen molar-refractivity contribution >= 4 is 0 Å². The third-order valence-electron chi connectivity index (χ3n) is 2.54. The first-order valence-electron chi connectivity index (χ1n) is 5.33. The van der Waals surface area contributed by atoms with Crippen LogP contribution in [0.25, 0.3) is 0 Å². The molecule has 1 aromatic rings. The van der Waals surface area contributed by atoms with Gasteiger partial charge in [-0.3, -0.25) is 4.90 Å². The summed E-state index contributed by atoms with van der Waals surface area (Å²) in [5, 5.41) is 8.93. The maximum atomic E-state index is 12.6. The van der Waals surface area contributed by atoms with Crippen LogP contribution in [0.3, 0.4) is 0 Å². The first-order chi connectivity index (χ1) is 7.63. The number of rotatable bonds is 6. The molecular weight excluding hydrogens is 209 g/mol. The predicted molar refractivity (Wildman–Crippen MR) is 61.1 cm³/mol. The van der Waals surface area contributed by atoms with Crippen LogP contribution in [-0.4, -0.2) is 42.9 Å². The van der Waals surface area contributed by atoms with Gasteiger partial charge in [-0.15, -0.1) is 0 Å². The molecule has 1 aromatic carbocycles. The molecule has 1 N–H and O–H groups in total. The molecule has 1 rings (SSSR count). The number of nitrogens with zero attached hydrogens (tertiary/aromatic N) is 1. The van der Waals surface area contributed by atoms with Crippen LogP contribution in [0.2, 0.25) is 0 Å². The van der Waals surface area contributed by atoms with Gasteiger partial charge in [0.05, 0.1) is 6.61 Å². The van der Waals surface area contributed by atoms with Gasteiger partial charge in [0.2, 0.25) is 0 Å². The average molecular weight is 227 g/mol. The number of halogens is 1. The van der Waals surface area contributed by atoms with Gasteiger partial charge < -0.3 is 9.84 Å². The number of hydrogen-bond acceptors (Lipinski definition) is 3. The van der Waals surface area contributed by atoms with E-state index >= 15 is 0 Å². The van der Waals surface area contributed by atoms with Crippen molar-refractivity contribution in [3.63, 3.8) is 0 Å². The fourth-order valence-electron chi connectivity index (χ4n) is 1.20. The number of ether oxygens (including phenoxy) is 1. The summed E-state index contributed by atoms with van der Waals surface area (Å²) in [6.07, 6.45) is 0. The Hall–Kier alpha value is -1.13. The van der Waals surface area contributed by atoms with Crippen LogP contribution in [0, 0.1) is 5.82 Å². The highest BCUT2D eigenvalue weighted by Gasteiger charge is 2.06. The fraction of sp³-hybridized carbons (Fsp3) is 0.500. The normalized spacial score (nSPS) is 12.8. The monoisotopic (exact) mass is 227 g/mol. The molecule has 0 radical (unpaired) electrons. The zero-order valence-electron chi connectivity index (χ0n) is 9.69. The average Bonchev–Trinajstić information content (AvgIpc) is 2.30. The first kappa shape index (κ1) is 12.9. The van der Waals surface area contributed by atoms with Crippen molar-refractivity contribution < 1.29 is 14.2 Å². The standard InChI is InChI=1S/C12H18FNO2/c1-10(9-15)14(2)7-8-16-12-5-3-11(13)4-6-12/h3-6,10,15H,7-9H2,1-2H3. The molecule has 3 nitrogen and oxygen atoms in total. The largest absolute Gasteiger partial charge is 0.492 e. The van der Waals surface area contributed by atoms with E-state index in [0.717, 1.165) is 6.54 Å². The molecule has 16 heavy (non-hydrogen) atoms. The molecule has 0 aromatic heterocycles. The van der Waals surface area contributed by atoms with E-state index in [1.807, 2.05) is 18.9 Å². The lowest BCUT2D eigenvalue weighted by Gasteiger charge is -2.22. The molecule has 0 fully saturated rings. The summed E-state index contributed by atoms with van der Waals surface area (Å²) in [7, 11) is 1.93. The molecule has 0 amide bonds. The van der Waals surface area contributed by atoms with Crippen LogP contribution in [0.5, 0.6) is 5.75 Å². The number of benzene rings is 1. The van der Waals surface area contributed by atoms with Gasteiger partial charge in [0.15, 0.2) is 0 Å². The van der Waals surface area contributed by atoms with Crippen molar-refractivity contribution in [2.75, 3.05) is 26.8 Å². The van der Waals surface area contributed by atoms with Gasteiger partial charge in [0, 0.05) is 12.6 Å². The zero-order chi connectivity index (χ0) is 12.0.